The minimum absolute atomic E-state index is 0.200. The Morgan fingerprint density at radius 3 is 2.85 bits per heavy atom. The van der Waals surface area contributed by atoms with Crippen LogP contribution in [0.4, 0.5) is 5.69 Å². The smallest absolute Gasteiger partial charge is 0.278 e. The van der Waals surface area contributed by atoms with Gasteiger partial charge in [-0.05, 0) is 27.7 Å². The van der Waals surface area contributed by atoms with Crippen molar-refractivity contribution in [1.29, 1.82) is 0 Å². The lowest BCUT2D eigenvalue weighted by Crippen LogP contribution is -2.53. The monoisotopic (exact) mass is 278 g/mol. The molecule has 2 atom stereocenters. The van der Waals surface area contributed by atoms with Crippen LogP contribution in [0.3, 0.4) is 0 Å². The molecule has 0 amide bonds. The van der Waals surface area contributed by atoms with Crippen LogP contribution in [-0.2, 0) is 6.54 Å². The van der Waals surface area contributed by atoms with Crippen molar-refractivity contribution in [3.63, 3.8) is 0 Å². The Labute approximate surface area is 119 Å². The maximum Gasteiger partial charge on any atom is 0.278 e. The van der Waals surface area contributed by atoms with Crippen molar-refractivity contribution >= 4 is 5.69 Å². The van der Waals surface area contributed by atoms with Crippen molar-refractivity contribution in [3.8, 4) is 0 Å². The third-order valence-electron chi connectivity index (χ3n) is 4.00. The SMILES string of the molecule is Cc1cnc(CN2CC(C)NCC2C)c(C)c1[N+](=O)[O-]. The van der Waals surface area contributed by atoms with E-state index in [0.717, 1.165) is 18.8 Å². The zero-order chi connectivity index (χ0) is 14.9. The molecule has 1 aromatic heterocycles. The Morgan fingerprint density at radius 2 is 2.20 bits per heavy atom. The number of rotatable bonds is 3. The molecule has 0 bridgehead atoms. The lowest BCUT2D eigenvalue weighted by molar-refractivity contribution is -0.386. The predicted molar refractivity (Wildman–Crippen MR) is 77.7 cm³/mol. The highest BCUT2D eigenvalue weighted by atomic mass is 16.6. The largest absolute Gasteiger partial charge is 0.311 e. The van der Waals surface area contributed by atoms with E-state index in [-0.39, 0.29) is 10.6 Å². The number of piperazine rings is 1. The quantitative estimate of drug-likeness (QED) is 0.674. The van der Waals surface area contributed by atoms with Gasteiger partial charge in [0.2, 0.25) is 0 Å². The number of nitrogens with one attached hydrogen (secondary N) is 1. The van der Waals surface area contributed by atoms with Gasteiger partial charge in [0.15, 0.2) is 0 Å². The van der Waals surface area contributed by atoms with E-state index in [1.807, 2.05) is 0 Å². The Kier molecular flexibility index (Phi) is 4.35. The first-order valence-corrected chi connectivity index (χ1v) is 6.97. The highest BCUT2D eigenvalue weighted by molar-refractivity contribution is 5.47. The van der Waals surface area contributed by atoms with Crippen LogP contribution < -0.4 is 5.32 Å². The highest BCUT2D eigenvalue weighted by Crippen LogP contribution is 2.25. The molecule has 2 rings (SSSR count). The van der Waals surface area contributed by atoms with Gasteiger partial charge in [-0.3, -0.25) is 20.0 Å². The van der Waals surface area contributed by atoms with Crippen LogP contribution >= 0.6 is 0 Å². The molecular weight excluding hydrogens is 256 g/mol. The highest BCUT2D eigenvalue weighted by Gasteiger charge is 2.25. The Balaban J connectivity index is 2.25. The van der Waals surface area contributed by atoms with Gasteiger partial charge < -0.3 is 5.32 Å². The van der Waals surface area contributed by atoms with Crippen LogP contribution in [0, 0.1) is 24.0 Å². The van der Waals surface area contributed by atoms with Crippen molar-refractivity contribution < 1.29 is 4.92 Å². The molecule has 0 aromatic carbocycles. The summed E-state index contributed by atoms with van der Waals surface area (Å²) in [6, 6.07) is 0.847. The van der Waals surface area contributed by atoms with E-state index in [1.54, 1.807) is 20.0 Å². The van der Waals surface area contributed by atoms with Gasteiger partial charge in [-0.15, -0.1) is 0 Å². The first kappa shape index (κ1) is 14.9. The molecule has 110 valence electrons. The minimum Gasteiger partial charge on any atom is -0.311 e. The molecule has 1 aromatic rings. The maximum atomic E-state index is 11.2. The number of nitro groups is 1. The molecule has 6 nitrogen and oxygen atoms in total. The molecule has 2 heterocycles. The minimum atomic E-state index is -0.306. The van der Waals surface area contributed by atoms with Gasteiger partial charge in [-0.2, -0.15) is 0 Å². The molecule has 0 radical (unpaired) electrons. The van der Waals surface area contributed by atoms with Gasteiger partial charge in [-0.25, -0.2) is 0 Å². The Morgan fingerprint density at radius 1 is 1.50 bits per heavy atom. The van der Waals surface area contributed by atoms with Gasteiger partial charge in [-0.1, -0.05) is 0 Å². The van der Waals surface area contributed by atoms with E-state index in [9.17, 15) is 10.1 Å². The summed E-state index contributed by atoms with van der Waals surface area (Å²) in [5.74, 6) is 0. The first-order chi connectivity index (χ1) is 9.40. The Hall–Kier alpha value is -1.53. The lowest BCUT2D eigenvalue weighted by atomic mass is 10.1. The average molecular weight is 278 g/mol. The van der Waals surface area contributed by atoms with E-state index in [1.165, 1.54) is 0 Å². The van der Waals surface area contributed by atoms with Crippen molar-refractivity contribution in [2.24, 2.45) is 0 Å². The molecule has 1 saturated heterocycles. The summed E-state index contributed by atoms with van der Waals surface area (Å²) < 4.78 is 0. The van der Waals surface area contributed by atoms with Crippen LogP contribution in [0.15, 0.2) is 6.20 Å². The summed E-state index contributed by atoms with van der Waals surface area (Å²) in [7, 11) is 0. The van der Waals surface area contributed by atoms with Gasteiger partial charge in [0.25, 0.3) is 5.69 Å². The second-order valence-corrected chi connectivity index (χ2v) is 5.71. The van der Waals surface area contributed by atoms with Gasteiger partial charge in [0.05, 0.1) is 10.6 Å². The van der Waals surface area contributed by atoms with E-state index in [2.05, 4.69) is 29.0 Å². The number of hydrogen-bond donors (Lipinski definition) is 1. The van der Waals surface area contributed by atoms with E-state index >= 15 is 0 Å². The van der Waals surface area contributed by atoms with E-state index in [0.29, 0.717) is 29.8 Å². The number of nitrogens with zero attached hydrogens (tertiary/aromatic N) is 3. The molecule has 1 aliphatic heterocycles. The van der Waals surface area contributed by atoms with Crippen LogP contribution in [0.5, 0.6) is 0 Å². The van der Waals surface area contributed by atoms with Crippen LogP contribution in [-0.4, -0.2) is 40.0 Å². The molecule has 0 saturated carbocycles. The zero-order valence-electron chi connectivity index (χ0n) is 12.5. The first-order valence-electron chi connectivity index (χ1n) is 6.97. The zero-order valence-corrected chi connectivity index (χ0v) is 12.5. The summed E-state index contributed by atoms with van der Waals surface area (Å²) >= 11 is 0. The van der Waals surface area contributed by atoms with Gasteiger partial charge in [0, 0.05) is 49.0 Å². The van der Waals surface area contributed by atoms with Gasteiger partial charge in [0.1, 0.15) is 0 Å². The molecule has 2 unspecified atom stereocenters. The normalized spacial score (nSPS) is 23.8. The second-order valence-electron chi connectivity index (χ2n) is 5.71. The van der Waals surface area contributed by atoms with Gasteiger partial charge >= 0.3 is 0 Å². The Bertz CT molecular complexity index is 518. The predicted octanol–water partition coefficient (Wildman–Crippen LogP) is 1.79. The fourth-order valence-electron chi connectivity index (χ4n) is 2.72. The van der Waals surface area contributed by atoms with Crippen LogP contribution in [0.25, 0.3) is 0 Å². The molecule has 0 spiro atoms. The summed E-state index contributed by atoms with van der Waals surface area (Å²) in [6.45, 7) is 10.4. The third-order valence-corrected chi connectivity index (χ3v) is 4.00. The topological polar surface area (TPSA) is 71.3 Å². The molecule has 1 fully saturated rings. The van der Waals surface area contributed by atoms with Crippen molar-refractivity contribution in [2.75, 3.05) is 13.1 Å². The van der Waals surface area contributed by atoms with Crippen molar-refractivity contribution in [2.45, 2.75) is 46.3 Å². The fraction of sp³-hybridized carbons (Fsp3) is 0.643. The molecule has 20 heavy (non-hydrogen) atoms. The summed E-state index contributed by atoms with van der Waals surface area (Å²) in [5, 5.41) is 14.6. The van der Waals surface area contributed by atoms with E-state index < -0.39 is 0 Å². The summed E-state index contributed by atoms with van der Waals surface area (Å²) in [5.41, 5.74) is 2.32. The molecular formula is C14H22N4O2. The third kappa shape index (κ3) is 2.96. The standard InChI is InChI=1S/C14H22N4O2/c1-9-5-16-13(12(4)14(9)18(19)20)8-17-7-10(2)15-6-11(17)3/h5,10-11,15H,6-8H2,1-4H3. The number of pyridine rings is 1. The van der Waals surface area contributed by atoms with Crippen molar-refractivity contribution in [1.82, 2.24) is 15.2 Å². The molecule has 6 heteroatoms. The number of aromatic nitrogens is 1. The summed E-state index contributed by atoms with van der Waals surface area (Å²) in [6.07, 6.45) is 1.61. The lowest BCUT2D eigenvalue weighted by Gasteiger charge is -2.37. The molecule has 1 aliphatic rings. The van der Waals surface area contributed by atoms with E-state index in [4.69, 9.17) is 0 Å². The van der Waals surface area contributed by atoms with Crippen LogP contribution in [0.2, 0.25) is 0 Å². The second kappa shape index (κ2) is 5.85. The fourth-order valence-corrected chi connectivity index (χ4v) is 2.72. The molecule has 1 N–H and O–H groups in total. The number of aryl methyl sites for hydroxylation is 1. The van der Waals surface area contributed by atoms with Crippen LogP contribution in [0.1, 0.15) is 30.7 Å². The summed E-state index contributed by atoms with van der Waals surface area (Å²) in [4.78, 5) is 17.6. The number of hydrogen-bond acceptors (Lipinski definition) is 5. The van der Waals surface area contributed by atoms with Crippen molar-refractivity contribution in [3.05, 3.63) is 33.1 Å². The maximum absolute atomic E-state index is 11.2. The average Bonchev–Trinajstić information content (AvgIpc) is 2.37. The molecule has 0 aliphatic carbocycles.